The van der Waals surface area contributed by atoms with Crippen LogP contribution in [0.15, 0.2) is 18.3 Å². The van der Waals surface area contributed by atoms with E-state index in [0.717, 1.165) is 12.1 Å². The lowest BCUT2D eigenvalue weighted by atomic mass is 10.1. The maximum atomic E-state index is 11.8. The van der Waals surface area contributed by atoms with E-state index in [1.165, 1.54) is 0 Å². The number of carbonyl (C=O) groups is 1. The summed E-state index contributed by atoms with van der Waals surface area (Å²) in [6.45, 7) is 4.98. The number of aliphatic hydroxyl groups is 1. The molecule has 1 heterocycles. The van der Waals surface area contributed by atoms with E-state index in [-0.39, 0.29) is 12.5 Å². The van der Waals surface area contributed by atoms with E-state index in [1.807, 2.05) is 0 Å². The number of hydrogen-bond acceptors (Lipinski definition) is 3. The summed E-state index contributed by atoms with van der Waals surface area (Å²) in [4.78, 5) is 15.9. The third-order valence-corrected chi connectivity index (χ3v) is 2.45. The summed E-state index contributed by atoms with van der Waals surface area (Å²) in [5, 5.41) is 11.7. The van der Waals surface area contributed by atoms with Gasteiger partial charge in [-0.1, -0.05) is 13.8 Å². The van der Waals surface area contributed by atoms with Gasteiger partial charge >= 0.3 is 0 Å². The quantitative estimate of drug-likeness (QED) is 0.784. The molecule has 2 N–H and O–H groups in total. The van der Waals surface area contributed by atoms with Crippen LogP contribution in [0, 0.1) is 5.92 Å². The molecule has 0 aromatic carbocycles. The van der Waals surface area contributed by atoms with Crippen molar-refractivity contribution in [2.45, 2.75) is 26.7 Å². The highest BCUT2D eigenvalue weighted by Crippen LogP contribution is 2.03. The molecular weight excluding hydrogens is 216 g/mol. The van der Waals surface area contributed by atoms with E-state index in [4.69, 9.17) is 5.11 Å². The van der Waals surface area contributed by atoms with Crippen LogP contribution >= 0.6 is 0 Å². The minimum Gasteiger partial charge on any atom is -0.396 e. The molecule has 0 fully saturated rings. The molecular formula is C13H20N2O2. The summed E-state index contributed by atoms with van der Waals surface area (Å²) in [6.07, 6.45) is 3.05. The summed E-state index contributed by atoms with van der Waals surface area (Å²) in [6, 6.07) is 3.41. The van der Waals surface area contributed by atoms with Gasteiger partial charge in [0.05, 0.1) is 0 Å². The third kappa shape index (κ3) is 4.95. The largest absolute Gasteiger partial charge is 0.396 e. The summed E-state index contributed by atoms with van der Waals surface area (Å²) in [7, 11) is 0. The first kappa shape index (κ1) is 13.6. The van der Waals surface area contributed by atoms with Crippen molar-refractivity contribution >= 4 is 5.91 Å². The van der Waals surface area contributed by atoms with Gasteiger partial charge in [0, 0.05) is 37.0 Å². The van der Waals surface area contributed by atoms with Crippen LogP contribution in [-0.2, 0) is 6.42 Å². The fourth-order valence-electron chi connectivity index (χ4n) is 1.45. The lowest BCUT2D eigenvalue weighted by Crippen LogP contribution is -2.25. The Labute approximate surface area is 102 Å². The molecule has 4 heteroatoms. The number of amides is 1. The number of aromatic nitrogens is 1. The first-order valence-corrected chi connectivity index (χ1v) is 5.97. The Bertz CT molecular complexity index is 364. The Hall–Kier alpha value is -1.42. The highest BCUT2D eigenvalue weighted by Gasteiger charge is 2.06. The van der Waals surface area contributed by atoms with Crippen LogP contribution < -0.4 is 5.32 Å². The zero-order valence-electron chi connectivity index (χ0n) is 10.4. The second-order valence-electron chi connectivity index (χ2n) is 4.45. The molecule has 0 aliphatic rings. The van der Waals surface area contributed by atoms with Crippen LogP contribution in [0.4, 0.5) is 0 Å². The Balaban J connectivity index is 2.53. The Morgan fingerprint density at radius 3 is 2.94 bits per heavy atom. The van der Waals surface area contributed by atoms with E-state index in [0.29, 0.717) is 24.4 Å². The maximum absolute atomic E-state index is 11.8. The number of pyridine rings is 1. The molecule has 94 valence electrons. The lowest BCUT2D eigenvalue weighted by Gasteiger charge is -2.07. The lowest BCUT2D eigenvalue weighted by molar-refractivity contribution is 0.0951. The monoisotopic (exact) mass is 236 g/mol. The van der Waals surface area contributed by atoms with Crippen LogP contribution in [0.5, 0.6) is 0 Å². The van der Waals surface area contributed by atoms with Crippen molar-refractivity contribution in [2.75, 3.05) is 13.2 Å². The van der Waals surface area contributed by atoms with Gasteiger partial charge in [-0.15, -0.1) is 0 Å². The molecule has 0 bridgehead atoms. The summed E-state index contributed by atoms with van der Waals surface area (Å²) in [5.74, 6) is 0.505. The molecule has 1 amide bonds. The van der Waals surface area contributed by atoms with E-state index < -0.39 is 0 Å². The maximum Gasteiger partial charge on any atom is 0.251 e. The molecule has 4 nitrogen and oxygen atoms in total. The first-order chi connectivity index (χ1) is 8.13. The average Bonchev–Trinajstić information content (AvgIpc) is 2.29. The fraction of sp³-hybridized carbons (Fsp3) is 0.538. The smallest absolute Gasteiger partial charge is 0.251 e. The SMILES string of the molecule is CC(C)CCNC(=O)c1ccnc(CCO)c1. The van der Waals surface area contributed by atoms with Crippen LogP contribution in [0.3, 0.4) is 0 Å². The van der Waals surface area contributed by atoms with E-state index in [2.05, 4.69) is 24.1 Å². The first-order valence-electron chi connectivity index (χ1n) is 5.97. The molecule has 0 radical (unpaired) electrons. The molecule has 0 saturated carbocycles. The van der Waals surface area contributed by atoms with E-state index in [1.54, 1.807) is 18.3 Å². The van der Waals surface area contributed by atoms with Crippen LogP contribution in [0.2, 0.25) is 0 Å². The molecule has 0 saturated heterocycles. The molecule has 0 aliphatic carbocycles. The molecule has 1 aromatic rings. The molecule has 17 heavy (non-hydrogen) atoms. The predicted molar refractivity (Wildman–Crippen MR) is 66.8 cm³/mol. The van der Waals surface area contributed by atoms with Crippen molar-refractivity contribution < 1.29 is 9.90 Å². The highest BCUT2D eigenvalue weighted by molar-refractivity contribution is 5.94. The van der Waals surface area contributed by atoms with Gasteiger partial charge in [0.15, 0.2) is 0 Å². The Morgan fingerprint density at radius 2 is 2.29 bits per heavy atom. The Morgan fingerprint density at radius 1 is 1.53 bits per heavy atom. The zero-order valence-corrected chi connectivity index (χ0v) is 10.4. The number of aliphatic hydroxyl groups excluding tert-OH is 1. The number of hydrogen-bond donors (Lipinski definition) is 2. The minimum absolute atomic E-state index is 0.0470. The molecule has 0 unspecified atom stereocenters. The van der Waals surface area contributed by atoms with E-state index in [9.17, 15) is 4.79 Å². The van der Waals surface area contributed by atoms with Gasteiger partial charge in [-0.2, -0.15) is 0 Å². The highest BCUT2D eigenvalue weighted by atomic mass is 16.3. The van der Waals surface area contributed by atoms with Crippen LogP contribution in [0.25, 0.3) is 0 Å². The number of carbonyl (C=O) groups excluding carboxylic acids is 1. The van der Waals surface area contributed by atoms with Crippen molar-refractivity contribution in [3.63, 3.8) is 0 Å². The normalized spacial score (nSPS) is 10.6. The van der Waals surface area contributed by atoms with E-state index >= 15 is 0 Å². The second-order valence-corrected chi connectivity index (χ2v) is 4.45. The second kappa shape index (κ2) is 7.01. The van der Waals surface area contributed by atoms with Crippen LogP contribution in [-0.4, -0.2) is 29.1 Å². The van der Waals surface area contributed by atoms with Gasteiger partial charge in [-0.3, -0.25) is 9.78 Å². The molecule has 0 atom stereocenters. The number of rotatable bonds is 6. The molecule has 1 rings (SSSR count). The topological polar surface area (TPSA) is 62.2 Å². The minimum atomic E-state index is -0.0766. The summed E-state index contributed by atoms with van der Waals surface area (Å²) < 4.78 is 0. The van der Waals surface area contributed by atoms with Crippen molar-refractivity contribution in [3.05, 3.63) is 29.6 Å². The summed E-state index contributed by atoms with van der Waals surface area (Å²) in [5.41, 5.74) is 1.34. The Kier molecular flexibility index (Phi) is 5.63. The third-order valence-electron chi connectivity index (χ3n) is 2.45. The van der Waals surface area contributed by atoms with Gasteiger partial charge in [0.1, 0.15) is 0 Å². The van der Waals surface area contributed by atoms with Crippen molar-refractivity contribution in [1.29, 1.82) is 0 Å². The van der Waals surface area contributed by atoms with Crippen molar-refractivity contribution in [2.24, 2.45) is 5.92 Å². The van der Waals surface area contributed by atoms with Gasteiger partial charge in [0.25, 0.3) is 5.91 Å². The van der Waals surface area contributed by atoms with Gasteiger partial charge < -0.3 is 10.4 Å². The molecule has 0 aliphatic heterocycles. The molecule has 0 spiro atoms. The average molecular weight is 236 g/mol. The summed E-state index contributed by atoms with van der Waals surface area (Å²) >= 11 is 0. The van der Waals surface area contributed by atoms with Gasteiger partial charge in [-0.25, -0.2) is 0 Å². The number of nitrogens with one attached hydrogen (secondary N) is 1. The van der Waals surface area contributed by atoms with Gasteiger partial charge in [0.2, 0.25) is 0 Å². The van der Waals surface area contributed by atoms with Crippen molar-refractivity contribution in [1.82, 2.24) is 10.3 Å². The van der Waals surface area contributed by atoms with Crippen molar-refractivity contribution in [3.8, 4) is 0 Å². The zero-order chi connectivity index (χ0) is 12.7. The molecule has 1 aromatic heterocycles. The van der Waals surface area contributed by atoms with Crippen LogP contribution in [0.1, 0.15) is 36.3 Å². The number of nitrogens with zero attached hydrogens (tertiary/aromatic N) is 1. The fourth-order valence-corrected chi connectivity index (χ4v) is 1.45. The predicted octanol–water partition coefficient (Wildman–Crippen LogP) is 1.39. The van der Waals surface area contributed by atoms with Gasteiger partial charge in [-0.05, 0) is 24.5 Å². The standard InChI is InChI=1S/C13H20N2O2/c1-10(2)3-6-15-13(17)11-4-7-14-12(9-11)5-8-16/h4,7,9-10,16H,3,5-6,8H2,1-2H3,(H,15,17).